The molecule has 1 heterocycles. The van der Waals surface area contributed by atoms with Crippen molar-refractivity contribution in [2.24, 2.45) is 0 Å². The third-order valence-corrected chi connectivity index (χ3v) is 2.63. The van der Waals surface area contributed by atoms with Gasteiger partial charge in [-0.25, -0.2) is 6.08 Å². The van der Waals surface area contributed by atoms with Crippen molar-refractivity contribution < 1.29 is 0 Å². The molecule has 0 saturated carbocycles. The Hall–Kier alpha value is -1.83. The van der Waals surface area contributed by atoms with Gasteiger partial charge in [0.25, 0.3) is 0 Å². The maximum absolute atomic E-state index is 4.43. The van der Waals surface area contributed by atoms with Gasteiger partial charge in [0.1, 0.15) is 0 Å². The Morgan fingerprint density at radius 3 is 2.62 bits per heavy atom. The van der Waals surface area contributed by atoms with Crippen molar-refractivity contribution in [1.82, 2.24) is 4.98 Å². The minimum absolute atomic E-state index is 0.832. The number of rotatable bonds is 2. The molecule has 0 radical (unpaired) electrons. The predicted octanol–water partition coefficient (Wildman–Crippen LogP) is 2.95. The van der Waals surface area contributed by atoms with Crippen LogP contribution in [0.3, 0.4) is 0 Å². The Morgan fingerprint density at radius 1 is 1.25 bits per heavy atom. The van der Waals surface area contributed by atoms with E-state index in [9.17, 15) is 0 Å². The van der Waals surface area contributed by atoms with Gasteiger partial charge in [-0.15, -0.1) is 11.5 Å². The summed E-state index contributed by atoms with van der Waals surface area (Å²) >= 11 is 0. The molecule has 2 rings (SSSR count). The lowest BCUT2D eigenvalue weighted by Crippen LogP contribution is -2.09. The van der Waals surface area contributed by atoms with Crippen LogP contribution in [0.5, 0.6) is 0 Å². The molecule has 2 aromatic rings. The molecule has 16 heavy (non-hydrogen) atoms. The summed E-state index contributed by atoms with van der Waals surface area (Å²) in [6.45, 7) is 5.69. The Labute approximate surface area is 96.2 Å². The predicted molar refractivity (Wildman–Crippen MR) is 68.8 cm³/mol. The van der Waals surface area contributed by atoms with Crippen molar-refractivity contribution in [1.29, 1.82) is 0 Å². The van der Waals surface area contributed by atoms with Crippen LogP contribution in [-0.4, -0.2) is 19.1 Å². The third kappa shape index (κ3) is 1.67. The molecule has 2 nitrogen and oxygen atoms in total. The molecule has 82 valence electrons. The number of anilines is 1. The van der Waals surface area contributed by atoms with E-state index in [-0.39, 0.29) is 0 Å². The summed E-state index contributed by atoms with van der Waals surface area (Å²) in [5, 5.41) is 2.30. The maximum atomic E-state index is 4.43. The molecule has 0 bridgehead atoms. The van der Waals surface area contributed by atoms with E-state index in [0.717, 1.165) is 16.8 Å². The van der Waals surface area contributed by atoms with Gasteiger partial charge in [0, 0.05) is 25.5 Å². The zero-order valence-corrected chi connectivity index (χ0v) is 9.91. The van der Waals surface area contributed by atoms with E-state index in [1.54, 1.807) is 0 Å². The van der Waals surface area contributed by atoms with Gasteiger partial charge in [0.2, 0.25) is 0 Å². The van der Waals surface area contributed by atoms with Crippen LogP contribution >= 0.6 is 0 Å². The molecule has 0 amide bonds. The molecule has 0 aliphatic carbocycles. The standard InChI is InChI=1S/C14H15N2/c1-5-13-11-7-6-8-14(16(3)4)12(11)9-10(2)15-13/h6-9H,1H2,2-4H3/q-1. The summed E-state index contributed by atoms with van der Waals surface area (Å²) < 4.78 is 0. The van der Waals surface area contributed by atoms with Crippen LogP contribution < -0.4 is 4.90 Å². The third-order valence-electron chi connectivity index (χ3n) is 2.63. The van der Waals surface area contributed by atoms with E-state index in [0.29, 0.717) is 0 Å². The minimum atomic E-state index is 0.832. The number of nitrogens with zero attached hydrogens (tertiary/aromatic N) is 2. The second kappa shape index (κ2) is 3.97. The number of aryl methyl sites for hydroxylation is 1. The van der Waals surface area contributed by atoms with Crippen LogP contribution in [0.4, 0.5) is 5.69 Å². The molecule has 0 saturated heterocycles. The normalized spacial score (nSPS) is 10.4. The Kier molecular flexibility index (Phi) is 2.65. The number of hydrogen-bond donors (Lipinski definition) is 0. The largest absolute Gasteiger partial charge is 0.378 e. The van der Waals surface area contributed by atoms with Crippen molar-refractivity contribution in [2.75, 3.05) is 19.0 Å². The van der Waals surface area contributed by atoms with Gasteiger partial charge in [-0.1, -0.05) is 17.1 Å². The van der Waals surface area contributed by atoms with Crippen molar-refractivity contribution in [3.8, 4) is 0 Å². The Bertz CT molecular complexity index is 542. The van der Waals surface area contributed by atoms with E-state index in [2.05, 4.69) is 40.7 Å². The van der Waals surface area contributed by atoms with Crippen molar-refractivity contribution >= 4 is 16.5 Å². The monoisotopic (exact) mass is 211 g/mol. The fourth-order valence-electron chi connectivity index (χ4n) is 1.91. The molecule has 0 atom stereocenters. The Morgan fingerprint density at radius 2 is 2.00 bits per heavy atom. The molecule has 2 heteroatoms. The average Bonchev–Trinajstić information content (AvgIpc) is 2.26. The lowest BCUT2D eigenvalue weighted by Gasteiger charge is -2.21. The molecular formula is C14H15N2-. The zero-order chi connectivity index (χ0) is 11.7. The van der Waals surface area contributed by atoms with E-state index in [1.807, 2.05) is 27.1 Å². The van der Waals surface area contributed by atoms with E-state index in [1.165, 1.54) is 11.1 Å². The molecule has 0 N–H and O–H groups in total. The fraction of sp³-hybridized carbons (Fsp3) is 0.214. The SMILES string of the molecule is C=[C-]c1nc(C)cc2c(N(C)C)cccc12. The van der Waals surface area contributed by atoms with Gasteiger partial charge in [0.05, 0.1) is 0 Å². The lowest BCUT2D eigenvalue weighted by atomic mass is 10.1. The molecule has 0 spiro atoms. The number of aromatic nitrogens is 1. The number of fused-ring (bicyclic) bond motifs is 1. The zero-order valence-electron chi connectivity index (χ0n) is 9.91. The molecule has 0 unspecified atom stereocenters. The van der Waals surface area contributed by atoms with Gasteiger partial charge in [0.15, 0.2) is 0 Å². The first-order valence-electron chi connectivity index (χ1n) is 5.24. The van der Waals surface area contributed by atoms with Crippen molar-refractivity contribution in [3.05, 3.63) is 48.3 Å². The summed E-state index contributed by atoms with van der Waals surface area (Å²) in [4.78, 5) is 6.53. The van der Waals surface area contributed by atoms with E-state index >= 15 is 0 Å². The second-order valence-electron chi connectivity index (χ2n) is 4.06. The minimum Gasteiger partial charge on any atom is -0.378 e. The van der Waals surface area contributed by atoms with Crippen LogP contribution in [0.25, 0.3) is 10.8 Å². The van der Waals surface area contributed by atoms with Crippen molar-refractivity contribution in [2.45, 2.75) is 6.92 Å². The number of benzene rings is 1. The van der Waals surface area contributed by atoms with Crippen LogP contribution in [0.15, 0.2) is 30.8 Å². The first-order chi connectivity index (χ1) is 7.63. The van der Waals surface area contributed by atoms with Crippen molar-refractivity contribution in [3.63, 3.8) is 0 Å². The van der Waals surface area contributed by atoms with Gasteiger partial charge in [-0.2, -0.15) is 6.58 Å². The van der Waals surface area contributed by atoms with E-state index < -0.39 is 0 Å². The van der Waals surface area contributed by atoms with Gasteiger partial charge in [-0.3, -0.25) is 4.98 Å². The highest BCUT2D eigenvalue weighted by molar-refractivity contribution is 5.96. The smallest absolute Gasteiger partial charge is 0.0334 e. The highest BCUT2D eigenvalue weighted by atomic mass is 15.1. The molecule has 1 aromatic heterocycles. The van der Waals surface area contributed by atoms with Gasteiger partial charge in [-0.05, 0) is 19.1 Å². The fourth-order valence-corrected chi connectivity index (χ4v) is 1.91. The summed E-state index contributed by atoms with van der Waals surface area (Å²) in [7, 11) is 4.09. The molecular weight excluding hydrogens is 196 g/mol. The molecule has 0 aliphatic rings. The number of pyridine rings is 1. The Balaban J connectivity index is 2.87. The van der Waals surface area contributed by atoms with Crippen LogP contribution in [-0.2, 0) is 0 Å². The maximum Gasteiger partial charge on any atom is 0.0334 e. The molecule has 0 fully saturated rings. The first-order valence-corrected chi connectivity index (χ1v) is 5.24. The van der Waals surface area contributed by atoms with E-state index in [4.69, 9.17) is 0 Å². The van der Waals surface area contributed by atoms with Crippen LogP contribution in [0.2, 0.25) is 0 Å². The van der Waals surface area contributed by atoms with Gasteiger partial charge < -0.3 is 4.90 Å². The van der Waals surface area contributed by atoms with Crippen LogP contribution in [0, 0.1) is 13.0 Å². The highest BCUT2D eigenvalue weighted by Crippen LogP contribution is 2.27. The molecule has 0 aliphatic heterocycles. The first kappa shape index (κ1) is 10.7. The summed E-state index contributed by atoms with van der Waals surface area (Å²) in [6.07, 6.45) is 2.90. The lowest BCUT2D eigenvalue weighted by molar-refractivity contribution is 1.13. The average molecular weight is 211 g/mol. The quantitative estimate of drug-likeness (QED) is 0.710. The number of hydrogen-bond acceptors (Lipinski definition) is 2. The van der Waals surface area contributed by atoms with Gasteiger partial charge >= 0.3 is 0 Å². The second-order valence-corrected chi connectivity index (χ2v) is 4.06. The summed E-state index contributed by atoms with van der Waals surface area (Å²) in [6, 6.07) is 8.30. The van der Waals surface area contributed by atoms with Crippen LogP contribution in [0.1, 0.15) is 11.4 Å². The summed E-state index contributed by atoms with van der Waals surface area (Å²) in [5.74, 6) is 0. The molecule has 1 aromatic carbocycles. The summed E-state index contributed by atoms with van der Waals surface area (Å²) in [5.41, 5.74) is 3.02. The topological polar surface area (TPSA) is 16.1 Å². The highest BCUT2D eigenvalue weighted by Gasteiger charge is 2.00.